The van der Waals surface area contributed by atoms with Crippen LogP contribution in [0, 0.1) is 6.92 Å². The average molecular weight is 245 g/mol. The van der Waals surface area contributed by atoms with Crippen molar-refractivity contribution in [2.45, 2.75) is 26.4 Å². The van der Waals surface area contributed by atoms with E-state index < -0.39 is 11.7 Å². The lowest BCUT2D eigenvalue weighted by molar-refractivity contribution is -0.137. The molecule has 0 unspecified atom stereocenters. The second kappa shape index (κ2) is 5.21. The third-order valence-electron chi connectivity index (χ3n) is 2.44. The van der Waals surface area contributed by atoms with Crippen LogP contribution in [0.3, 0.4) is 0 Å². The second-order valence-corrected chi connectivity index (χ2v) is 3.87. The first-order valence-electron chi connectivity index (χ1n) is 5.22. The van der Waals surface area contributed by atoms with Crippen LogP contribution in [0.4, 0.5) is 13.2 Å². The van der Waals surface area contributed by atoms with Crippen LogP contribution in [0.2, 0.25) is 0 Å². The number of rotatable bonds is 3. The van der Waals surface area contributed by atoms with Gasteiger partial charge in [-0.05, 0) is 36.6 Å². The predicted molar refractivity (Wildman–Crippen MR) is 58.6 cm³/mol. The molecular weight excluding hydrogens is 231 g/mol. The zero-order valence-electron chi connectivity index (χ0n) is 9.69. The van der Waals surface area contributed by atoms with Crippen molar-refractivity contribution in [3.05, 3.63) is 34.9 Å². The fourth-order valence-corrected chi connectivity index (χ4v) is 1.53. The Morgan fingerprint density at radius 3 is 2.47 bits per heavy atom. The molecule has 0 aliphatic carbocycles. The van der Waals surface area contributed by atoms with E-state index in [0.717, 1.165) is 17.7 Å². The second-order valence-electron chi connectivity index (χ2n) is 3.87. The van der Waals surface area contributed by atoms with Gasteiger partial charge in [-0.1, -0.05) is 6.07 Å². The summed E-state index contributed by atoms with van der Waals surface area (Å²) in [6.45, 7) is 3.47. The number of amides is 1. The highest BCUT2D eigenvalue weighted by atomic mass is 19.4. The van der Waals surface area contributed by atoms with E-state index in [-0.39, 0.29) is 5.91 Å². The summed E-state index contributed by atoms with van der Waals surface area (Å²) in [4.78, 5) is 10.6. The number of halogens is 3. The van der Waals surface area contributed by atoms with E-state index in [2.05, 4.69) is 5.32 Å². The van der Waals surface area contributed by atoms with E-state index in [4.69, 9.17) is 0 Å². The van der Waals surface area contributed by atoms with E-state index >= 15 is 0 Å². The molecule has 0 heterocycles. The molecule has 1 aromatic rings. The zero-order valence-corrected chi connectivity index (χ0v) is 9.69. The van der Waals surface area contributed by atoms with Gasteiger partial charge in [-0.3, -0.25) is 4.79 Å². The Morgan fingerprint density at radius 2 is 2.00 bits per heavy atom. The number of hydrogen-bond acceptors (Lipinski definition) is 1. The van der Waals surface area contributed by atoms with Gasteiger partial charge in [0.2, 0.25) is 5.91 Å². The Kier molecular flexibility index (Phi) is 4.15. The van der Waals surface area contributed by atoms with Crippen molar-refractivity contribution in [2.75, 3.05) is 6.54 Å². The fourth-order valence-electron chi connectivity index (χ4n) is 1.53. The van der Waals surface area contributed by atoms with Crippen LogP contribution in [-0.4, -0.2) is 12.5 Å². The molecule has 0 atom stereocenters. The van der Waals surface area contributed by atoms with Gasteiger partial charge in [0.15, 0.2) is 0 Å². The summed E-state index contributed by atoms with van der Waals surface area (Å²) in [6, 6.07) is 3.65. The van der Waals surface area contributed by atoms with Crippen LogP contribution in [0.15, 0.2) is 18.2 Å². The van der Waals surface area contributed by atoms with Gasteiger partial charge in [0.1, 0.15) is 0 Å². The van der Waals surface area contributed by atoms with Crippen LogP contribution >= 0.6 is 0 Å². The van der Waals surface area contributed by atoms with E-state index in [1.807, 2.05) is 0 Å². The Bertz CT molecular complexity index is 413. The normalized spacial score (nSPS) is 11.4. The Balaban J connectivity index is 2.73. The Morgan fingerprint density at radius 1 is 1.35 bits per heavy atom. The van der Waals surface area contributed by atoms with E-state index in [0.29, 0.717) is 18.5 Å². The molecule has 5 heteroatoms. The summed E-state index contributed by atoms with van der Waals surface area (Å²) in [5.74, 6) is -0.144. The molecule has 1 amide bonds. The molecule has 1 rings (SSSR count). The highest BCUT2D eigenvalue weighted by molar-refractivity contribution is 5.72. The zero-order chi connectivity index (χ0) is 13.1. The van der Waals surface area contributed by atoms with Crippen molar-refractivity contribution in [1.29, 1.82) is 0 Å². The maximum absolute atomic E-state index is 12.4. The Labute approximate surface area is 97.8 Å². The monoisotopic (exact) mass is 245 g/mol. The number of aryl methyl sites for hydroxylation is 1. The molecule has 0 aromatic heterocycles. The number of carbonyl (C=O) groups is 1. The average Bonchev–Trinajstić information content (AvgIpc) is 2.18. The molecule has 2 nitrogen and oxygen atoms in total. The lowest BCUT2D eigenvalue weighted by Crippen LogP contribution is -2.22. The highest BCUT2D eigenvalue weighted by Crippen LogP contribution is 2.30. The third-order valence-corrected chi connectivity index (χ3v) is 2.44. The van der Waals surface area contributed by atoms with Gasteiger partial charge in [-0.15, -0.1) is 0 Å². The molecule has 1 N–H and O–H groups in total. The predicted octanol–water partition coefficient (Wildman–Crippen LogP) is 2.69. The van der Waals surface area contributed by atoms with Gasteiger partial charge in [0.25, 0.3) is 0 Å². The van der Waals surface area contributed by atoms with Crippen LogP contribution in [0.25, 0.3) is 0 Å². The molecular formula is C12H14F3NO. The third kappa shape index (κ3) is 4.09. The molecule has 17 heavy (non-hydrogen) atoms. The molecule has 0 saturated heterocycles. The summed E-state index contributed by atoms with van der Waals surface area (Å²) in [6.07, 6.45) is -3.77. The topological polar surface area (TPSA) is 29.1 Å². The largest absolute Gasteiger partial charge is 0.416 e. The van der Waals surface area contributed by atoms with Crippen molar-refractivity contribution >= 4 is 5.91 Å². The quantitative estimate of drug-likeness (QED) is 0.871. The molecule has 0 fully saturated rings. The first kappa shape index (κ1) is 13.5. The first-order valence-corrected chi connectivity index (χ1v) is 5.22. The smallest absolute Gasteiger partial charge is 0.356 e. The lowest BCUT2D eigenvalue weighted by Gasteiger charge is -2.11. The lowest BCUT2D eigenvalue weighted by atomic mass is 10.0. The van der Waals surface area contributed by atoms with Crippen LogP contribution < -0.4 is 5.32 Å². The summed E-state index contributed by atoms with van der Waals surface area (Å²) in [7, 11) is 0. The number of hydrogen-bond donors (Lipinski definition) is 1. The van der Waals surface area contributed by atoms with Crippen molar-refractivity contribution in [2.24, 2.45) is 0 Å². The van der Waals surface area contributed by atoms with E-state index in [9.17, 15) is 18.0 Å². The summed E-state index contributed by atoms with van der Waals surface area (Å²) < 4.78 is 37.2. The van der Waals surface area contributed by atoms with Gasteiger partial charge >= 0.3 is 6.18 Å². The molecule has 0 aliphatic heterocycles. The molecule has 0 spiro atoms. The summed E-state index contributed by atoms with van der Waals surface area (Å²) in [5, 5.41) is 2.60. The molecule has 94 valence electrons. The minimum absolute atomic E-state index is 0.144. The number of carbonyl (C=O) groups excluding carboxylic acids is 1. The Hall–Kier alpha value is -1.52. The van der Waals surface area contributed by atoms with Crippen LogP contribution in [0.5, 0.6) is 0 Å². The minimum Gasteiger partial charge on any atom is -0.356 e. The molecule has 0 aliphatic rings. The minimum atomic E-state index is -4.30. The van der Waals surface area contributed by atoms with Gasteiger partial charge in [0, 0.05) is 13.5 Å². The maximum atomic E-state index is 12.4. The molecule has 0 radical (unpaired) electrons. The molecule has 0 bridgehead atoms. The fraction of sp³-hybridized carbons (Fsp3) is 0.417. The number of nitrogens with one attached hydrogen (secondary N) is 1. The van der Waals surface area contributed by atoms with Gasteiger partial charge in [0.05, 0.1) is 5.56 Å². The summed E-state index contributed by atoms with van der Waals surface area (Å²) in [5.41, 5.74) is 0.759. The summed E-state index contributed by atoms with van der Waals surface area (Å²) >= 11 is 0. The van der Waals surface area contributed by atoms with Gasteiger partial charge in [-0.2, -0.15) is 13.2 Å². The van der Waals surface area contributed by atoms with Crippen molar-refractivity contribution < 1.29 is 18.0 Å². The number of alkyl halides is 3. The maximum Gasteiger partial charge on any atom is 0.416 e. The van der Waals surface area contributed by atoms with Crippen molar-refractivity contribution in [3.8, 4) is 0 Å². The molecule has 0 saturated carbocycles. The van der Waals surface area contributed by atoms with Crippen molar-refractivity contribution in [3.63, 3.8) is 0 Å². The highest BCUT2D eigenvalue weighted by Gasteiger charge is 2.30. The molecule has 1 aromatic carbocycles. The van der Waals surface area contributed by atoms with Crippen LogP contribution in [-0.2, 0) is 17.4 Å². The van der Waals surface area contributed by atoms with E-state index in [1.54, 1.807) is 6.92 Å². The number of benzene rings is 1. The van der Waals surface area contributed by atoms with Crippen LogP contribution in [0.1, 0.15) is 23.6 Å². The van der Waals surface area contributed by atoms with Crippen molar-refractivity contribution in [1.82, 2.24) is 5.32 Å². The SMILES string of the molecule is CC(=O)NCCc1ccc(C(F)(F)F)cc1C. The standard InChI is InChI=1S/C12H14F3NO/c1-8-7-11(12(13,14)15)4-3-10(8)5-6-16-9(2)17/h3-4,7H,5-6H2,1-2H3,(H,16,17). The van der Waals surface area contributed by atoms with Gasteiger partial charge < -0.3 is 5.32 Å². The van der Waals surface area contributed by atoms with Gasteiger partial charge in [-0.25, -0.2) is 0 Å². The first-order chi connectivity index (χ1) is 7.80. The van der Waals surface area contributed by atoms with E-state index in [1.165, 1.54) is 13.0 Å².